The van der Waals surface area contributed by atoms with Crippen LogP contribution in [0.5, 0.6) is 0 Å². The van der Waals surface area contributed by atoms with Crippen LogP contribution in [0.3, 0.4) is 0 Å². The predicted octanol–water partition coefficient (Wildman–Crippen LogP) is 3.35. The Balaban J connectivity index is 0.00000162. The maximum atomic E-state index is 13.2. The number of rotatable bonds is 3. The van der Waals surface area contributed by atoms with Crippen molar-refractivity contribution in [2.75, 3.05) is 0 Å². The monoisotopic (exact) mass is 274 g/mol. The molecule has 100 valence electrons. The van der Waals surface area contributed by atoms with Gasteiger partial charge in [-0.15, -0.1) is 12.4 Å². The van der Waals surface area contributed by atoms with E-state index in [4.69, 9.17) is 5.73 Å². The van der Waals surface area contributed by atoms with E-state index in [0.29, 0.717) is 11.5 Å². The number of nitro benzene ring substituents is 1. The van der Waals surface area contributed by atoms with Crippen molar-refractivity contribution in [2.24, 2.45) is 11.7 Å². The summed E-state index contributed by atoms with van der Waals surface area (Å²) in [5.41, 5.74) is 6.24. The maximum Gasteiger partial charge on any atom is 0.305 e. The second-order valence-corrected chi connectivity index (χ2v) is 4.54. The van der Waals surface area contributed by atoms with Crippen LogP contribution >= 0.6 is 12.4 Å². The van der Waals surface area contributed by atoms with Gasteiger partial charge in [-0.25, -0.2) is 0 Å². The van der Waals surface area contributed by atoms with E-state index in [-0.39, 0.29) is 18.4 Å². The normalized spacial score (nSPS) is 17.2. The molecule has 2 N–H and O–H groups in total. The first-order valence-electron chi connectivity index (χ1n) is 5.79. The highest BCUT2D eigenvalue weighted by molar-refractivity contribution is 5.85. The Hall–Kier alpha value is -1.20. The second kappa shape index (κ2) is 6.11. The van der Waals surface area contributed by atoms with Gasteiger partial charge in [-0.3, -0.25) is 10.1 Å². The van der Waals surface area contributed by atoms with Crippen LogP contribution in [0, 0.1) is 21.8 Å². The highest BCUT2D eigenvalue weighted by Crippen LogP contribution is 2.35. The summed E-state index contributed by atoms with van der Waals surface area (Å²) in [6.45, 7) is 0. The minimum atomic E-state index is -0.808. The Kier molecular flexibility index (Phi) is 5.04. The van der Waals surface area contributed by atoms with Gasteiger partial charge in [-0.1, -0.05) is 18.9 Å². The van der Waals surface area contributed by atoms with E-state index in [2.05, 4.69) is 0 Å². The fourth-order valence-corrected chi connectivity index (χ4v) is 2.47. The quantitative estimate of drug-likeness (QED) is 0.679. The van der Waals surface area contributed by atoms with Gasteiger partial charge in [-0.05, 0) is 30.4 Å². The zero-order chi connectivity index (χ0) is 12.4. The molecule has 18 heavy (non-hydrogen) atoms. The third-order valence-electron chi connectivity index (χ3n) is 3.46. The Morgan fingerprint density at radius 1 is 1.39 bits per heavy atom. The van der Waals surface area contributed by atoms with Crippen LogP contribution < -0.4 is 5.73 Å². The van der Waals surface area contributed by atoms with Gasteiger partial charge >= 0.3 is 5.69 Å². The lowest BCUT2D eigenvalue weighted by atomic mass is 9.92. The topological polar surface area (TPSA) is 69.2 Å². The summed E-state index contributed by atoms with van der Waals surface area (Å²) >= 11 is 0. The molecule has 1 aromatic carbocycles. The Morgan fingerprint density at radius 2 is 2.00 bits per heavy atom. The van der Waals surface area contributed by atoms with Crippen LogP contribution in [-0.4, -0.2) is 4.92 Å². The lowest BCUT2D eigenvalue weighted by molar-refractivity contribution is -0.387. The van der Waals surface area contributed by atoms with Crippen molar-refractivity contribution in [3.8, 4) is 0 Å². The molecule has 0 amide bonds. The van der Waals surface area contributed by atoms with Gasteiger partial charge < -0.3 is 5.73 Å². The zero-order valence-electron chi connectivity index (χ0n) is 9.84. The molecule has 1 aliphatic carbocycles. The van der Waals surface area contributed by atoms with Crippen LogP contribution in [0.2, 0.25) is 0 Å². The fraction of sp³-hybridized carbons (Fsp3) is 0.500. The van der Waals surface area contributed by atoms with E-state index in [9.17, 15) is 14.5 Å². The van der Waals surface area contributed by atoms with E-state index in [1.807, 2.05) is 0 Å². The molecular formula is C12H16ClFN2O2. The minimum absolute atomic E-state index is 0. The van der Waals surface area contributed by atoms with Gasteiger partial charge in [0.1, 0.15) is 0 Å². The Morgan fingerprint density at radius 3 is 2.56 bits per heavy atom. The third-order valence-corrected chi connectivity index (χ3v) is 3.46. The van der Waals surface area contributed by atoms with Crippen molar-refractivity contribution in [2.45, 2.75) is 31.7 Å². The number of nitrogens with two attached hydrogens (primary N) is 1. The molecule has 1 aliphatic rings. The molecule has 1 aromatic rings. The number of hydrogen-bond acceptors (Lipinski definition) is 3. The molecule has 4 nitrogen and oxygen atoms in total. The molecule has 6 heteroatoms. The molecule has 1 atom stereocenters. The molecular weight excluding hydrogens is 259 g/mol. The SMILES string of the molecule is Cl.N[C@@H](c1ccc(F)c([N+](=O)[O-])c1)C1CCCC1. The van der Waals surface area contributed by atoms with Gasteiger partial charge in [0.2, 0.25) is 5.82 Å². The van der Waals surface area contributed by atoms with E-state index in [1.54, 1.807) is 6.07 Å². The Labute approximate surface area is 111 Å². The first-order valence-corrected chi connectivity index (χ1v) is 5.79. The standard InChI is InChI=1S/C12H15FN2O2.ClH/c13-10-6-5-9(7-11(10)15(16)17)12(14)8-3-1-2-4-8;/h5-8,12H,1-4,14H2;1H/t12-;/m1./s1. The average Bonchev–Trinajstić information content (AvgIpc) is 2.81. The molecule has 0 aromatic heterocycles. The van der Waals surface area contributed by atoms with Gasteiger partial charge in [-0.2, -0.15) is 4.39 Å². The average molecular weight is 275 g/mol. The summed E-state index contributed by atoms with van der Waals surface area (Å²) in [6, 6.07) is 3.71. The lowest BCUT2D eigenvalue weighted by Gasteiger charge is -2.18. The van der Waals surface area contributed by atoms with Gasteiger partial charge in [0.05, 0.1) is 4.92 Å². The van der Waals surface area contributed by atoms with Gasteiger partial charge in [0.15, 0.2) is 0 Å². The Bertz CT molecular complexity index is 436. The minimum Gasteiger partial charge on any atom is -0.324 e. The van der Waals surface area contributed by atoms with Gasteiger partial charge in [0.25, 0.3) is 0 Å². The molecule has 0 unspecified atom stereocenters. The summed E-state index contributed by atoms with van der Waals surface area (Å²) in [6.07, 6.45) is 4.40. The van der Waals surface area contributed by atoms with E-state index >= 15 is 0 Å². The summed E-state index contributed by atoms with van der Waals surface area (Å²) < 4.78 is 13.2. The molecule has 0 heterocycles. The molecule has 0 saturated heterocycles. The summed E-state index contributed by atoms with van der Waals surface area (Å²) in [7, 11) is 0. The smallest absolute Gasteiger partial charge is 0.305 e. The lowest BCUT2D eigenvalue weighted by Crippen LogP contribution is -2.19. The predicted molar refractivity (Wildman–Crippen MR) is 69.2 cm³/mol. The highest BCUT2D eigenvalue weighted by Gasteiger charge is 2.25. The van der Waals surface area contributed by atoms with Crippen molar-refractivity contribution in [3.05, 3.63) is 39.7 Å². The number of nitrogens with zero attached hydrogens (tertiary/aromatic N) is 1. The molecule has 1 saturated carbocycles. The van der Waals surface area contributed by atoms with Crippen LogP contribution in [0.4, 0.5) is 10.1 Å². The number of benzene rings is 1. The number of hydrogen-bond donors (Lipinski definition) is 1. The van der Waals surface area contributed by atoms with Crippen molar-refractivity contribution in [1.29, 1.82) is 0 Å². The third kappa shape index (κ3) is 2.97. The summed E-state index contributed by atoms with van der Waals surface area (Å²) in [5, 5.41) is 10.6. The van der Waals surface area contributed by atoms with Crippen molar-refractivity contribution in [1.82, 2.24) is 0 Å². The fourth-order valence-electron chi connectivity index (χ4n) is 2.47. The molecule has 0 bridgehead atoms. The van der Waals surface area contributed by atoms with Crippen molar-refractivity contribution >= 4 is 18.1 Å². The number of halogens is 2. The molecule has 0 spiro atoms. The molecule has 2 rings (SSSR count). The molecule has 0 aliphatic heterocycles. The first-order chi connectivity index (χ1) is 8.09. The van der Waals surface area contributed by atoms with E-state index in [0.717, 1.165) is 31.7 Å². The summed E-state index contributed by atoms with van der Waals surface area (Å²) in [5.74, 6) is -0.447. The van der Waals surface area contributed by atoms with Crippen LogP contribution in [-0.2, 0) is 0 Å². The first kappa shape index (κ1) is 14.9. The van der Waals surface area contributed by atoms with E-state index in [1.165, 1.54) is 6.07 Å². The number of nitro groups is 1. The zero-order valence-corrected chi connectivity index (χ0v) is 10.7. The largest absolute Gasteiger partial charge is 0.324 e. The van der Waals surface area contributed by atoms with Gasteiger partial charge in [0, 0.05) is 12.1 Å². The second-order valence-electron chi connectivity index (χ2n) is 4.54. The summed E-state index contributed by atoms with van der Waals surface area (Å²) in [4.78, 5) is 9.93. The van der Waals surface area contributed by atoms with Crippen LogP contribution in [0.15, 0.2) is 18.2 Å². The van der Waals surface area contributed by atoms with Crippen molar-refractivity contribution < 1.29 is 9.31 Å². The molecule has 1 fully saturated rings. The molecule has 0 radical (unpaired) electrons. The highest BCUT2D eigenvalue weighted by atomic mass is 35.5. The van der Waals surface area contributed by atoms with Crippen LogP contribution in [0.1, 0.15) is 37.3 Å². The van der Waals surface area contributed by atoms with Crippen LogP contribution in [0.25, 0.3) is 0 Å². The maximum absolute atomic E-state index is 13.2. The van der Waals surface area contributed by atoms with Crippen molar-refractivity contribution in [3.63, 3.8) is 0 Å². The van der Waals surface area contributed by atoms with E-state index < -0.39 is 16.4 Å².